The Hall–Kier alpha value is -2.48. The van der Waals surface area contributed by atoms with Gasteiger partial charge in [0.2, 0.25) is 11.8 Å². The maximum atomic E-state index is 13.2. The molecule has 2 fully saturated rings. The van der Waals surface area contributed by atoms with Gasteiger partial charge >= 0.3 is 0 Å². The Labute approximate surface area is 144 Å². The van der Waals surface area contributed by atoms with Gasteiger partial charge in [0.25, 0.3) is 5.91 Å². The summed E-state index contributed by atoms with van der Waals surface area (Å²) in [6.07, 6.45) is -0.946. The van der Waals surface area contributed by atoms with E-state index in [1.807, 2.05) is 0 Å². The predicted molar refractivity (Wildman–Crippen MR) is 86.8 cm³/mol. The number of nitrogens with zero attached hydrogens (tertiary/aromatic N) is 2. The van der Waals surface area contributed by atoms with Crippen LogP contribution in [0, 0.1) is 11.7 Å². The number of carbonyl (C=O) groups is 3. The number of hydrogen-bond acceptors (Lipinski definition) is 4. The van der Waals surface area contributed by atoms with Crippen LogP contribution in [0.1, 0.15) is 20.3 Å². The lowest BCUT2D eigenvalue weighted by Gasteiger charge is -2.55. The van der Waals surface area contributed by atoms with Crippen LogP contribution < -0.4 is 10.6 Å². The largest absolute Gasteiger partial charge is 0.391 e. The van der Waals surface area contributed by atoms with Gasteiger partial charge in [0, 0.05) is 12.1 Å². The fourth-order valence-electron chi connectivity index (χ4n) is 3.90. The van der Waals surface area contributed by atoms with Gasteiger partial charge in [-0.1, -0.05) is 6.92 Å². The number of hydrogen-bond donors (Lipinski definition) is 2. The molecule has 2 aliphatic rings. The fraction of sp³-hybridized carbons (Fsp3) is 0.471. The summed E-state index contributed by atoms with van der Waals surface area (Å²) in [6.45, 7) is 3.27. The van der Waals surface area contributed by atoms with Gasteiger partial charge < -0.3 is 15.7 Å². The number of primary amides is 1. The Balaban J connectivity index is 1.97. The molecule has 0 radical (unpaired) electrons. The zero-order valence-electron chi connectivity index (χ0n) is 14.0. The summed E-state index contributed by atoms with van der Waals surface area (Å²) in [5.41, 5.74) is 4.61. The summed E-state index contributed by atoms with van der Waals surface area (Å²) in [7, 11) is 0. The summed E-state index contributed by atoms with van der Waals surface area (Å²) in [5, 5.41) is 9.78. The summed E-state index contributed by atoms with van der Waals surface area (Å²) in [4.78, 5) is 39.7. The number of carbonyl (C=O) groups excluding carboxylic acids is 3. The van der Waals surface area contributed by atoms with Gasteiger partial charge in [0.15, 0.2) is 0 Å². The van der Waals surface area contributed by atoms with Crippen LogP contribution in [-0.2, 0) is 14.4 Å². The standard InChI is InChI=1S/C17H20FN3O4/c1-9-7-13(23)21(12-5-3-11(18)4-6-12)17(9)8-20(16(17)25)14(10(2)22)15(19)24/h3-6,9-10,14,22H,7-8H2,1-2H3,(H2,19,24). The number of nitrogens with two attached hydrogens (primary N) is 1. The van der Waals surface area contributed by atoms with Crippen molar-refractivity contribution in [3.05, 3.63) is 30.1 Å². The van der Waals surface area contributed by atoms with Crippen molar-refractivity contribution in [1.82, 2.24) is 4.90 Å². The number of aliphatic hydroxyl groups is 1. The molecule has 25 heavy (non-hydrogen) atoms. The van der Waals surface area contributed by atoms with Crippen LogP contribution in [0.15, 0.2) is 24.3 Å². The molecule has 1 spiro atoms. The second kappa shape index (κ2) is 5.80. The molecule has 0 aliphatic carbocycles. The smallest absolute Gasteiger partial charge is 0.251 e. The maximum Gasteiger partial charge on any atom is 0.251 e. The molecule has 0 aromatic heterocycles. The molecule has 1 aromatic carbocycles. The van der Waals surface area contributed by atoms with Crippen molar-refractivity contribution in [1.29, 1.82) is 0 Å². The molecule has 7 nitrogen and oxygen atoms in total. The second-order valence-corrected chi connectivity index (χ2v) is 6.76. The van der Waals surface area contributed by atoms with Crippen molar-refractivity contribution < 1.29 is 23.9 Å². The van der Waals surface area contributed by atoms with Gasteiger partial charge in [0.1, 0.15) is 17.4 Å². The molecule has 3 rings (SSSR count). The number of likely N-dealkylation sites (tertiary alicyclic amines) is 1. The molecule has 8 heteroatoms. The van der Waals surface area contributed by atoms with E-state index in [-0.39, 0.29) is 24.8 Å². The molecule has 2 aliphatic heterocycles. The maximum absolute atomic E-state index is 13.2. The summed E-state index contributed by atoms with van der Waals surface area (Å²) in [6, 6.07) is 4.20. The van der Waals surface area contributed by atoms with E-state index in [1.165, 1.54) is 41.0 Å². The van der Waals surface area contributed by atoms with Crippen LogP contribution in [0.5, 0.6) is 0 Å². The molecule has 4 atom stereocenters. The van der Waals surface area contributed by atoms with E-state index in [9.17, 15) is 23.9 Å². The van der Waals surface area contributed by atoms with Gasteiger partial charge in [-0.25, -0.2) is 4.39 Å². The SMILES string of the molecule is CC(O)C(C(N)=O)N1CC2(C1=O)C(C)CC(=O)N2c1ccc(F)cc1. The predicted octanol–water partition coefficient (Wildman–Crippen LogP) is 0.0142. The van der Waals surface area contributed by atoms with E-state index in [1.54, 1.807) is 6.92 Å². The first kappa shape index (κ1) is 17.3. The summed E-state index contributed by atoms with van der Waals surface area (Å²) < 4.78 is 13.2. The molecular weight excluding hydrogens is 329 g/mol. The first-order valence-corrected chi connectivity index (χ1v) is 8.07. The highest BCUT2D eigenvalue weighted by Crippen LogP contribution is 2.47. The Kier molecular flexibility index (Phi) is 4.03. The van der Waals surface area contributed by atoms with Crippen molar-refractivity contribution in [3.8, 4) is 0 Å². The van der Waals surface area contributed by atoms with E-state index in [2.05, 4.69) is 0 Å². The average molecular weight is 349 g/mol. The Morgan fingerprint density at radius 1 is 1.36 bits per heavy atom. The van der Waals surface area contributed by atoms with Crippen molar-refractivity contribution in [2.24, 2.45) is 11.7 Å². The van der Waals surface area contributed by atoms with Gasteiger partial charge in [-0.3, -0.25) is 19.3 Å². The fourth-order valence-corrected chi connectivity index (χ4v) is 3.90. The van der Waals surface area contributed by atoms with Crippen molar-refractivity contribution >= 4 is 23.4 Å². The zero-order chi connectivity index (χ0) is 18.5. The third-order valence-corrected chi connectivity index (χ3v) is 5.16. The van der Waals surface area contributed by atoms with E-state index >= 15 is 0 Å². The minimum absolute atomic E-state index is 0.0919. The molecule has 134 valence electrons. The number of benzene rings is 1. The van der Waals surface area contributed by atoms with Crippen LogP contribution in [0.25, 0.3) is 0 Å². The minimum Gasteiger partial charge on any atom is -0.391 e. The van der Waals surface area contributed by atoms with Crippen molar-refractivity contribution in [3.63, 3.8) is 0 Å². The third kappa shape index (κ3) is 2.39. The number of amides is 3. The monoisotopic (exact) mass is 349 g/mol. The van der Waals surface area contributed by atoms with Gasteiger partial charge in [-0.05, 0) is 37.1 Å². The van der Waals surface area contributed by atoms with E-state index < -0.39 is 35.3 Å². The van der Waals surface area contributed by atoms with Gasteiger partial charge in [-0.2, -0.15) is 0 Å². The van der Waals surface area contributed by atoms with Crippen molar-refractivity contribution in [2.45, 2.75) is 38.0 Å². The molecular formula is C17H20FN3O4. The van der Waals surface area contributed by atoms with Crippen LogP contribution in [-0.4, -0.2) is 52.0 Å². The Morgan fingerprint density at radius 3 is 2.44 bits per heavy atom. The Bertz CT molecular complexity index is 736. The lowest BCUT2D eigenvalue weighted by Crippen LogP contribution is -2.78. The van der Waals surface area contributed by atoms with E-state index in [4.69, 9.17) is 5.73 Å². The van der Waals surface area contributed by atoms with Crippen LogP contribution in [0.2, 0.25) is 0 Å². The molecule has 2 heterocycles. The van der Waals surface area contributed by atoms with Crippen molar-refractivity contribution in [2.75, 3.05) is 11.4 Å². The number of anilines is 1. The van der Waals surface area contributed by atoms with Crippen LogP contribution in [0.4, 0.5) is 10.1 Å². The van der Waals surface area contributed by atoms with Crippen LogP contribution in [0.3, 0.4) is 0 Å². The highest BCUT2D eigenvalue weighted by Gasteiger charge is 2.66. The molecule has 0 saturated carbocycles. The highest BCUT2D eigenvalue weighted by atomic mass is 19.1. The first-order valence-electron chi connectivity index (χ1n) is 8.07. The lowest BCUT2D eigenvalue weighted by molar-refractivity contribution is -0.164. The van der Waals surface area contributed by atoms with Gasteiger partial charge in [0.05, 0.1) is 12.6 Å². The summed E-state index contributed by atoms with van der Waals surface area (Å²) in [5.74, 6) is -2.19. The minimum atomic E-state index is -1.14. The number of rotatable bonds is 4. The first-order chi connectivity index (χ1) is 11.7. The molecule has 3 N–H and O–H groups in total. The van der Waals surface area contributed by atoms with Crippen LogP contribution >= 0.6 is 0 Å². The molecule has 4 unspecified atom stereocenters. The molecule has 1 aromatic rings. The number of aliphatic hydroxyl groups excluding tert-OH is 1. The Morgan fingerprint density at radius 2 is 1.96 bits per heavy atom. The second-order valence-electron chi connectivity index (χ2n) is 6.76. The highest BCUT2D eigenvalue weighted by molar-refractivity contribution is 6.11. The zero-order valence-corrected chi connectivity index (χ0v) is 14.0. The summed E-state index contributed by atoms with van der Waals surface area (Å²) >= 11 is 0. The third-order valence-electron chi connectivity index (χ3n) is 5.16. The van der Waals surface area contributed by atoms with E-state index in [0.717, 1.165) is 0 Å². The van der Waals surface area contributed by atoms with Gasteiger partial charge in [-0.15, -0.1) is 0 Å². The van der Waals surface area contributed by atoms with E-state index in [0.29, 0.717) is 5.69 Å². The lowest BCUT2D eigenvalue weighted by atomic mass is 9.76. The number of halogens is 1. The number of β-lactam (4-membered cyclic amide) rings is 1. The average Bonchev–Trinajstić information content (AvgIpc) is 2.79. The normalized spacial score (nSPS) is 28.2. The topological polar surface area (TPSA) is 104 Å². The quantitative estimate of drug-likeness (QED) is 0.748. The molecule has 3 amide bonds. The molecule has 2 saturated heterocycles. The molecule has 0 bridgehead atoms.